The van der Waals surface area contributed by atoms with E-state index in [9.17, 15) is 9.59 Å². The van der Waals surface area contributed by atoms with Crippen molar-refractivity contribution in [2.75, 3.05) is 45.8 Å². The number of piperidine rings is 2. The van der Waals surface area contributed by atoms with Crippen LogP contribution in [0.2, 0.25) is 10.0 Å². The second-order valence-corrected chi connectivity index (χ2v) is 10.3. The van der Waals surface area contributed by atoms with E-state index in [1.807, 2.05) is 6.07 Å². The molecule has 2 N–H and O–H groups in total. The Morgan fingerprint density at radius 1 is 1.16 bits per heavy atom. The monoisotopic (exact) mass is 480 g/mol. The van der Waals surface area contributed by atoms with Crippen molar-refractivity contribution in [2.24, 2.45) is 5.41 Å². The van der Waals surface area contributed by atoms with Crippen LogP contribution in [-0.4, -0.2) is 67.4 Å². The van der Waals surface area contributed by atoms with Crippen LogP contribution in [0.25, 0.3) is 0 Å². The molecule has 0 saturated carbocycles. The zero-order valence-electron chi connectivity index (χ0n) is 18.7. The highest BCUT2D eigenvalue weighted by molar-refractivity contribution is 6.35. The molecule has 0 bridgehead atoms. The predicted molar refractivity (Wildman–Crippen MR) is 128 cm³/mol. The van der Waals surface area contributed by atoms with Gasteiger partial charge in [-0.15, -0.1) is 0 Å². The molecule has 0 aliphatic carbocycles. The Bertz CT molecular complexity index is 822. The van der Waals surface area contributed by atoms with Gasteiger partial charge in [0.05, 0.1) is 11.5 Å². The van der Waals surface area contributed by atoms with Crippen LogP contribution in [0.4, 0.5) is 0 Å². The highest BCUT2D eigenvalue weighted by Crippen LogP contribution is 2.50. The summed E-state index contributed by atoms with van der Waals surface area (Å²) >= 11 is 12.6. The Morgan fingerprint density at radius 3 is 2.62 bits per heavy atom. The summed E-state index contributed by atoms with van der Waals surface area (Å²) in [6.45, 7) is 5.70. The quantitative estimate of drug-likeness (QED) is 0.584. The maximum atomic E-state index is 13.6. The number of amides is 2. The number of halogens is 2. The Balaban J connectivity index is 1.40. The Labute approximate surface area is 201 Å². The average Bonchev–Trinajstić information content (AvgIpc) is 3.04. The fraction of sp³-hybridized carbons (Fsp3) is 0.667. The molecule has 1 aromatic rings. The van der Waals surface area contributed by atoms with Crippen LogP contribution in [0.1, 0.15) is 56.6 Å². The summed E-state index contributed by atoms with van der Waals surface area (Å²) in [7, 11) is 0. The maximum absolute atomic E-state index is 13.6. The number of carbonyl (C=O) groups is 2. The molecule has 8 heteroatoms. The van der Waals surface area contributed by atoms with E-state index in [4.69, 9.17) is 23.2 Å². The molecule has 3 aliphatic heterocycles. The van der Waals surface area contributed by atoms with Crippen molar-refractivity contribution in [3.63, 3.8) is 0 Å². The molecule has 3 heterocycles. The van der Waals surface area contributed by atoms with Crippen molar-refractivity contribution in [3.05, 3.63) is 33.8 Å². The van der Waals surface area contributed by atoms with Crippen molar-refractivity contribution < 1.29 is 9.59 Å². The fourth-order valence-corrected chi connectivity index (χ4v) is 6.03. The van der Waals surface area contributed by atoms with Crippen molar-refractivity contribution in [1.29, 1.82) is 0 Å². The van der Waals surface area contributed by atoms with Gasteiger partial charge in [-0.25, -0.2) is 0 Å². The van der Waals surface area contributed by atoms with Gasteiger partial charge in [-0.3, -0.25) is 9.59 Å². The van der Waals surface area contributed by atoms with Crippen LogP contribution in [0.5, 0.6) is 0 Å². The van der Waals surface area contributed by atoms with Crippen LogP contribution in [0.15, 0.2) is 18.2 Å². The molecule has 2 amide bonds. The summed E-state index contributed by atoms with van der Waals surface area (Å²) in [6, 6.07) is 5.21. The zero-order chi connectivity index (χ0) is 22.6. The molecule has 1 atom stereocenters. The maximum Gasteiger partial charge on any atom is 0.239 e. The number of nitrogens with zero attached hydrogens (tertiary/aromatic N) is 2. The van der Waals surface area contributed by atoms with E-state index in [0.717, 1.165) is 57.5 Å². The number of nitrogens with one attached hydrogen (secondary N) is 2. The lowest BCUT2D eigenvalue weighted by Gasteiger charge is -2.31. The molecule has 4 rings (SSSR count). The Morgan fingerprint density at radius 2 is 1.91 bits per heavy atom. The van der Waals surface area contributed by atoms with E-state index < -0.39 is 5.41 Å². The molecule has 3 fully saturated rings. The van der Waals surface area contributed by atoms with Gasteiger partial charge in [-0.2, -0.15) is 0 Å². The van der Waals surface area contributed by atoms with Crippen molar-refractivity contribution >= 4 is 35.0 Å². The topological polar surface area (TPSA) is 64.7 Å². The third-order valence-electron chi connectivity index (χ3n) is 7.29. The van der Waals surface area contributed by atoms with Crippen LogP contribution in [0.3, 0.4) is 0 Å². The van der Waals surface area contributed by atoms with Crippen molar-refractivity contribution in [3.8, 4) is 0 Å². The second-order valence-electron chi connectivity index (χ2n) is 9.45. The van der Waals surface area contributed by atoms with E-state index in [1.54, 1.807) is 17.0 Å². The van der Waals surface area contributed by atoms with Crippen molar-refractivity contribution in [2.45, 2.75) is 51.0 Å². The van der Waals surface area contributed by atoms with Crippen LogP contribution >= 0.6 is 23.2 Å². The third-order valence-corrected chi connectivity index (χ3v) is 7.86. The summed E-state index contributed by atoms with van der Waals surface area (Å²) in [4.78, 5) is 30.6. The smallest absolute Gasteiger partial charge is 0.239 e. The first-order valence-corrected chi connectivity index (χ1v) is 12.7. The van der Waals surface area contributed by atoms with Crippen LogP contribution in [0, 0.1) is 5.41 Å². The molecule has 0 aromatic heterocycles. The van der Waals surface area contributed by atoms with E-state index in [1.165, 1.54) is 19.3 Å². The van der Waals surface area contributed by atoms with Gasteiger partial charge in [0.15, 0.2) is 0 Å². The highest BCUT2D eigenvalue weighted by Gasteiger charge is 2.52. The molecule has 1 spiro atoms. The molecule has 32 heavy (non-hydrogen) atoms. The van der Waals surface area contributed by atoms with Gasteiger partial charge in [0, 0.05) is 16.6 Å². The predicted octanol–water partition coefficient (Wildman–Crippen LogP) is 3.63. The van der Waals surface area contributed by atoms with Gasteiger partial charge in [-0.1, -0.05) is 35.7 Å². The van der Waals surface area contributed by atoms with E-state index in [2.05, 4.69) is 15.5 Å². The Hall–Kier alpha value is -1.34. The average molecular weight is 481 g/mol. The molecule has 0 radical (unpaired) electrons. The summed E-state index contributed by atoms with van der Waals surface area (Å²) in [5.74, 6) is -0.0171. The first-order chi connectivity index (χ1) is 15.5. The summed E-state index contributed by atoms with van der Waals surface area (Å²) < 4.78 is 0. The minimum Gasteiger partial charge on any atom is -0.355 e. The fourth-order valence-electron chi connectivity index (χ4n) is 5.49. The molecular weight excluding hydrogens is 447 g/mol. The number of carbonyl (C=O) groups excluding carboxylic acids is 2. The standard InChI is InChI=1S/C24H34Cl2N4O2/c25-18-5-6-19(20(26)15-18)21-16-24(7-10-27-11-8-24)23(32)30(21)17-22(31)28-9-4-14-29-12-2-1-3-13-29/h5-6,15,21,27H,1-4,7-14,16-17H2,(H,28,31). The van der Waals surface area contributed by atoms with Crippen LogP contribution < -0.4 is 10.6 Å². The molecular formula is C24H34Cl2N4O2. The molecule has 6 nitrogen and oxygen atoms in total. The molecule has 176 valence electrons. The number of hydrogen-bond donors (Lipinski definition) is 2. The first-order valence-electron chi connectivity index (χ1n) is 11.9. The van der Waals surface area contributed by atoms with Gasteiger partial charge in [0.2, 0.25) is 11.8 Å². The van der Waals surface area contributed by atoms with Gasteiger partial charge in [0.1, 0.15) is 6.54 Å². The summed E-state index contributed by atoms with van der Waals surface area (Å²) in [6.07, 6.45) is 7.08. The van der Waals surface area contributed by atoms with Gasteiger partial charge in [0.25, 0.3) is 0 Å². The Kier molecular flexibility index (Phi) is 7.98. The molecule has 3 saturated heterocycles. The number of likely N-dealkylation sites (tertiary alicyclic amines) is 2. The van der Waals surface area contributed by atoms with Gasteiger partial charge >= 0.3 is 0 Å². The normalized spacial score (nSPS) is 23.6. The first kappa shape index (κ1) is 23.8. The SMILES string of the molecule is O=C(CN1C(=O)C2(CCNCC2)CC1c1ccc(Cl)cc1Cl)NCCCN1CCCCC1. The van der Waals surface area contributed by atoms with E-state index >= 15 is 0 Å². The molecule has 3 aliphatic rings. The number of benzene rings is 1. The summed E-state index contributed by atoms with van der Waals surface area (Å²) in [5.41, 5.74) is 0.464. The van der Waals surface area contributed by atoms with Crippen molar-refractivity contribution in [1.82, 2.24) is 20.4 Å². The van der Waals surface area contributed by atoms with E-state index in [0.29, 0.717) is 23.0 Å². The highest BCUT2D eigenvalue weighted by atomic mass is 35.5. The second kappa shape index (κ2) is 10.7. The van der Waals surface area contributed by atoms with E-state index in [-0.39, 0.29) is 24.4 Å². The number of hydrogen-bond acceptors (Lipinski definition) is 4. The van der Waals surface area contributed by atoms with Crippen LogP contribution in [-0.2, 0) is 9.59 Å². The molecule has 1 aromatic carbocycles. The lowest BCUT2D eigenvalue weighted by Crippen LogP contribution is -2.45. The number of rotatable bonds is 7. The minimum atomic E-state index is -0.409. The summed E-state index contributed by atoms with van der Waals surface area (Å²) in [5, 5.41) is 7.50. The zero-order valence-corrected chi connectivity index (χ0v) is 20.2. The lowest BCUT2D eigenvalue weighted by molar-refractivity contribution is -0.141. The van der Waals surface area contributed by atoms with Gasteiger partial charge in [-0.05, 0) is 88.9 Å². The largest absolute Gasteiger partial charge is 0.355 e. The molecule has 1 unspecified atom stereocenters. The lowest BCUT2D eigenvalue weighted by atomic mass is 9.76. The van der Waals surface area contributed by atoms with Gasteiger partial charge < -0.3 is 20.4 Å². The third kappa shape index (κ3) is 5.41. The minimum absolute atomic E-state index is 0.0708.